The summed E-state index contributed by atoms with van der Waals surface area (Å²) in [5.74, 6) is -0.976. The van der Waals surface area contributed by atoms with Crippen molar-refractivity contribution in [3.8, 4) is 0 Å². The predicted octanol–water partition coefficient (Wildman–Crippen LogP) is 19.1. The van der Waals surface area contributed by atoms with Crippen LogP contribution in [0.1, 0.15) is 252 Å². The van der Waals surface area contributed by atoms with E-state index >= 15 is 0 Å². The average molecular weight is 958 g/mol. The number of hydrogen-bond donors (Lipinski definition) is 0. The van der Waals surface area contributed by atoms with Crippen molar-refractivity contribution in [2.75, 3.05) is 13.2 Å². The van der Waals surface area contributed by atoms with Gasteiger partial charge < -0.3 is 14.2 Å². The Morgan fingerprint density at radius 2 is 0.580 bits per heavy atom. The van der Waals surface area contributed by atoms with E-state index in [4.69, 9.17) is 14.2 Å². The van der Waals surface area contributed by atoms with Crippen LogP contribution in [0.5, 0.6) is 0 Å². The summed E-state index contributed by atoms with van der Waals surface area (Å²) < 4.78 is 16.8. The third kappa shape index (κ3) is 54.9. The van der Waals surface area contributed by atoms with Gasteiger partial charge in [-0.3, -0.25) is 14.4 Å². The zero-order valence-electron chi connectivity index (χ0n) is 44.8. The number of carbonyl (C=O) groups excluding carboxylic acids is 3. The summed E-state index contributed by atoms with van der Waals surface area (Å²) in [5.41, 5.74) is 0. The van der Waals surface area contributed by atoms with Gasteiger partial charge in [-0.05, 0) is 96.3 Å². The Hall–Kier alpha value is -3.93. The third-order valence-electron chi connectivity index (χ3n) is 11.8. The third-order valence-corrected chi connectivity index (χ3v) is 11.8. The van der Waals surface area contributed by atoms with Crippen LogP contribution in [0.25, 0.3) is 0 Å². The molecule has 0 aromatic rings. The van der Waals surface area contributed by atoms with Crippen molar-refractivity contribution < 1.29 is 28.6 Å². The van der Waals surface area contributed by atoms with Crippen molar-refractivity contribution in [3.63, 3.8) is 0 Å². The molecule has 0 bridgehead atoms. The number of rotatable bonds is 50. The van der Waals surface area contributed by atoms with Crippen molar-refractivity contribution in [2.24, 2.45) is 0 Å². The maximum absolute atomic E-state index is 12.8. The first-order valence-electron chi connectivity index (χ1n) is 28.4. The molecular formula is C63H104O6. The Bertz CT molecular complexity index is 1420. The Kier molecular flexibility index (Phi) is 53.4. The van der Waals surface area contributed by atoms with Crippen LogP contribution in [0.15, 0.2) is 109 Å². The monoisotopic (exact) mass is 957 g/mol. The summed E-state index contributed by atoms with van der Waals surface area (Å²) in [6.07, 6.45) is 76.5. The molecule has 0 aromatic carbocycles. The van der Waals surface area contributed by atoms with Crippen molar-refractivity contribution in [3.05, 3.63) is 109 Å². The Labute approximate surface area is 425 Å². The van der Waals surface area contributed by atoms with E-state index in [0.717, 1.165) is 116 Å². The van der Waals surface area contributed by atoms with E-state index in [1.165, 1.54) is 89.9 Å². The quantitative estimate of drug-likeness (QED) is 0.0262. The first-order valence-corrected chi connectivity index (χ1v) is 28.4. The van der Waals surface area contributed by atoms with E-state index in [0.29, 0.717) is 19.3 Å². The summed E-state index contributed by atoms with van der Waals surface area (Å²) in [7, 11) is 0. The maximum Gasteiger partial charge on any atom is 0.306 e. The first-order chi connectivity index (χ1) is 34.0. The number of allylic oxidation sites excluding steroid dienone is 18. The van der Waals surface area contributed by atoms with Crippen LogP contribution in [-0.4, -0.2) is 37.2 Å². The molecule has 0 spiro atoms. The number of unbranched alkanes of at least 4 members (excludes halogenated alkanes) is 21. The van der Waals surface area contributed by atoms with Crippen molar-refractivity contribution in [2.45, 2.75) is 258 Å². The smallest absolute Gasteiger partial charge is 0.306 e. The summed E-state index contributed by atoms with van der Waals surface area (Å²) in [6.45, 7) is 6.36. The van der Waals surface area contributed by atoms with Crippen molar-refractivity contribution >= 4 is 17.9 Å². The molecule has 0 aliphatic carbocycles. The molecule has 6 nitrogen and oxygen atoms in total. The van der Waals surface area contributed by atoms with E-state index in [1.54, 1.807) is 0 Å². The van der Waals surface area contributed by atoms with Gasteiger partial charge in [-0.2, -0.15) is 0 Å². The first kappa shape index (κ1) is 65.1. The van der Waals surface area contributed by atoms with Crippen LogP contribution in [0.4, 0.5) is 0 Å². The fraction of sp³-hybridized carbons (Fsp3) is 0.667. The molecular weight excluding hydrogens is 853 g/mol. The molecule has 0 saturated carbocycles. The van der Waals surface area contributed by atoms with Crippen molar-refractivity contribution in [1.82, 2.24) is 0 Å². The molecule has 0 rings (SSSR count). The predicted molar refractivity (Wildman–Crippen MR) is 297 cm³/mol. The van der Waals surface area contributed by atoms with Gasteiger partial charge in [0, 0.05) is 19.3 Å². The molecule has 0 saturated heterocycles. The van der Waals surface area contributed by atoms with Crippen LogP contribution in [0, 0.1) is 0 Å². The normalized spacial score (nSPS) is 12.9. The molecule has 6 heteroatoms. The molecule has 0 fully saturated rings. The Balaban J connectivity index is 4.50. The number of ether oxygens (including phenoxy) is 3. The maximum atomic E-state index is 12.8. The van der Waals surface area contributed by atoms with Gasteiger partial charge in [-0.25, -0.2) is 0 Å². The largest absolute Gasteiger partial charge is 0.462 e. The molecule has 69 heavy (non-hydrogen) atoms. The molecule has 0 amide bonds. The molecule has 0 heterocycles. The van der Waals surface area contributed by atoms with Gasteiger partial charge in [0.15, 0.2) is 6.10 Å². The summed E-state index contributed by atoms with van der Waals surface area (Å²) in [5, 5.41) is 0. The fourth-order valence-electron chi connectivity index (χ4n) is 7.59. The lowest BCUT2D eigenvalue weighted by Gasteiger charge is -2.18. The molecule has 0 aliphatic rings. The topological polar surface area (TPSA) is 78.9 Å². The lowest BCUT2D eigenvalue weighted by molar-refractivity contribution is -0.167. The summed E-state index contributed by atoms with van der Waals surface area (Å²) >= 11 is 0. The van der Waals surface area contributed by atoms with Gasteiger partial charge in [0.2, 0.25) is 0 Å². The molecule has 1 unspecified atom stereocenters. The standard InChI is InChI=1S/C63H104O6/c1-4-7-10-13-16-19-22-25-28-30-31-33-35-38-41-44-47-50-53-56-62(65)68-59-60(58-67-61(64)55-52-49-46-43-40-37-34-27-24-21-18-15-12-9-6-3)69-63(66)57-54-51-48-45-42-39-36-32-29-26-23-20-17-14-11-8-5-2/h7-8,10-11,16-17,19-20,25-26,28-29,31,33,36,39,45,48,60H,4-6,9,12-15,18,21-24,27,30,32,34-35,37-38,40-44,46-47,49-59H2,1-3H3/b10-7-,11-8-,19-16-,20-17-,28-25-,29-26-,33-31-,39-36-,48-45-. The second-order valence-electron chi connectivity index (χ2n) is 18.4. The lowest BCUT2D eigenvalue weighted by Crippen LogP contribution is -2.30. The minimum atomic E-state index is -0.814. The van der Waals surface area contributed by atoms with E-state index in [2.05, 4.69) is 130 Å². The van der Waals surface area contributed by atoms with Crippen LogP contribution in [0.3, 0.4) is 0 Å². The minimum Gasteiger partial charge on any atom is -0.462 e. The second-order valence-corrected chi connectivity index (χ2v) is 18.4. The van der Waals surface area contributed by atoms with Gasteiger partial charge in [0.05, 0.1) is 0 Å². The molecule has 0 aromatic heterocycles. The van der Waals surface area contributed by atoms with Gasteiger partial charge >= 0.3 is 17.9 Å². The van der Waals surface area contributed by atoms with E-state index < -0.39 is 6.10 Å². The second kappa shape index (κ2) is 56.7. The van der Waals surface area contributed by atoms with E-state index in [1.807, 2.05) is 0 Å². The van der Waals surface area contributed by atoms with Crippen LogP contribution >= 0.6 is 0 Å². The van der Waals surface area contributed by atoms with Gasteiger partial charge in [-0.1, -0.05) is 246 Å². The van der Waals surface area contributed by atoms with Crippen LogP contribution < -0.4 is 0 Å². The van der Waals surface area contributed by atoms with Crippen molar-refractivity contribution in [1.29, 1.82) is 0 Å². The van der Waals surface area contributed by atoms with Crippen LogP contribution in [-0.2, 0) is 28.6 Å². The fourth-order valence-corrected chi connectivity index (χ4v) is 7.59. The SMILES string of the molecule is CC/C=C\C/C=C\C/C=C\C/C=C\C/C=C\CCCC(=O)OC(COC(=O)CCCCCCCC/C=C\C/C=C\C/C=C\C/C=C\CC)COC(=O)CCCCCCCCCCCCCCCCC. The van der Waals surface area contributed by atoms with E-state index in [9.17, 15) is 14.4 Å². The Morgan fingerprint density at radius 3 is 0.928 bits per heavy atom. The Morgan fingerprint density at radius 1 is 0.304 bits per heavy atom. The average Bonchev–Trinajstić information content (AvgIpc) is 3.35. The highest BCUT2D eigenvalue weighted by molar-refractivity contribution is 5.71. The zero-order chi connectivity index (χ0) is 50.0. The highest BCUT2D eigenvalue weighted by Gasteiger charge is 2.19. The molecule has 0 radical (unpaired) electrons. The van der Waals surface area contributed by atoms with Gasteiger partial charge in [0.25, 0.3) is 0 Å². The highest BCUT2D eigenvalue weighted by atomic mass is 16.6. The minimum absolute atomic E-state index is 0.105. The van der Waals surface area contributed by atoms with E-state index in [-0.39, 0.29) is 37.5 Å². The van der Waals surface area contributed by atoms with Gasteiger partial charge in [0.1, 0.15) is 13.2 Å². The molecule has 392 valence electrons. The molecule has 1 atom stereocenters. The van der Waals surface area contributed by atoms with Crippen LogP contribution in [0.2, 0.25) is 0 Å². The number of carbonyl (C=O) groups is 3. The lowest BCUT2D eigenvalue weighted by atomic mass is 10.0. The number of hydrogen-bond acceptors (Lipinski definition) is 6. The van der Waals surface area contributed by atoms with Gasteiger partial charge in [-0.15, -0.1) is 0 Å². The summed E-state index contributed by atoms with van der Waals surface area (Å²) in [4.78, 5) is 38.1. The summed E-state index contributed by atoms with van der Waals surface area (Å²) in [6, 6.07) is 0. The zero-order valence-corrected chi connectivity index (χ0v) is 44.8. The molecule has 0 N–H and O–H groups in total. The molecule has 0 aliphatic heterocycles. The number of esters is 3. The highest BCUT2D eigenvalue weighted by Crippen LogP contribution is 2.15.